The Hall–Kier alpha value is -6.68. The molecule has 0 bridgehead atoms. The van der Waals surface area contributed by atoms with Crippen molar-refractivity contribution < 1.29 is 0 Å². The number of hydrogen-bond donors (Lipinski definition) is 0. The van der Waals surface area contributed by atoms with E-state index < -0.39 is 0 Å². The van der Waals surface area contributed by atoms with Gasteiger partial charge in [-0.2, -0.15) is 0 Å². The molecule has 0 spiro atoms. The molecule has 1 aromatic heterocycles. The Kier molecular flexibility index (Phi) is 8.81. The summed E-state index contributed by atoms with van der Waals surface area (Å²) in [6.45, 7) is 8.48. The Morgan fingerprint density at radius 2 is 1.46 bits per heavy atom. The van der Waals surface area contributed by atoms with E-state index in [9.17, 15) is 0 Å². The van der Waals surface area contributed by atoms with Gasteiger partial charge in [0, 0.05) is 65.3 Å². The topological polar surface area (TPSA) is 6.48 Å². The Bertz CT molecular complexity index is 3090. The summed E-state index contributed by atoms with van der Waals surface area (Å²) in [6, 6.07) is 47.2. The van der Waals surface area contributed by atoms with Gasteiger partial charge in [0.1, 0.15) is 0 Å². The summed E-state index contributed by atoms with van der Waals surface area (Å²) in [5.41, 5.74) is 9.37. The van der Waals surface area contributed by atoms with Gasteiger partial charge < -0.3 is 9.80 Å². The van der Waals surface area contributed by atoms with Gasteiger partial charge in [-0.15, -0.1) is 11.3 Å². The average molecular weight is 751 g/mol. The molecule has 0 saturated heterocycles. The zero-order valence-corrected chi connectivity index (χ0v) is 33.0. The highest BCUT2D eigenvalue weighted by atomic mass is 32.1. The predicted octanol–water partition coefficient (Wildman–Crippen LogP) is 15.7. The quantitative estimate of drug-likeness (QED) is 0.113. The largest absolute Gasteiger partial charge is 0.310 e. The molecule has 10 rings (SSSR count). The molecular weight excluding hydrogens is 709 g/mol. The lowest BCUT2D eigenvalue weighted by atomic mass is 9.86. The molecule has 2 nitrogen and oxygen atoms in total. The van der Waals surface area contributed by atoms with Crippen LogP contribution in [0.4, 0.5) is 22.7 Å². The van der Waals surface area contributed by atoms with Gasteiger partial charge in [0.25, 0.3) is 0 Å². The standard InChI is InChI=1S/C54H42N2S/c1-4-6-19-39(5-2)55(50-24-13-17-37-15-7-9-20-43(37)50)42-31-33-48-52(35-42)57-54-47-32-30-41(34-49(47)45-22-11-12-23-46(45)53(48)54)56(40-28-26-36(3)27-29-40)51-25-14-18-38-16-8-10-21-44(38)51/h4-16,18-35,37H,2,17H2,1,3H3/b6-4+,39-19+. The maximum Gasteiger partial charge on any atom is 0.0540 e. The number of hydrogen-bond acceptors (Lipinski definition) is 3. The van der Waals surface area contributed by atoms with Crippen LogP contribution in [0.3, 0.4) is 0 Å². The fourth-order valence-electron chi connectivity index (χ4n) is 8.78. The van der Waals surface area contributed by atoms with Crippen molar-refractivity contribution in [1.29, 1.82) is 0 Å². The first-order valence-corrected chi connectivity index (χ1v) is 20.6. The molecule has 2 aliphatic carbocycles. The molecule has 0 aliphatic heterocycles. The highest BCUT2D eigenvalue weighted by Gasteiger charge is 2.25. The first-order valence-electron chi connectivity index (χ1n) is 19.8. The smallest absolute Gasteiger partial charge is 0.0540 e. The maximum absolute atomic E-state index is 4.28. The molecule has 0 saturated carbocycles. The van der Waals surface area contributed by atoms with E-state index in [1.165, 1.54) is 69.3 Å². The zero-order valence-electron chi connectivity index (χ0n) is 32.2. The number of thiophene rings is 1. The fraction of sp³-hybridized carbons (Fsp3) is 0.0741. The third-order valence-electron chi connectivity index (χ3n) is 11.5. The van der Waals surface area contributed by atoms with E-state index in [1.807, 2.05) is 17.4 Å². The number of fused-ring (bicyclic) bond motifs is 10. The van der Waals surface area contributed by atoms with Crippen molar-refractivity contribution in [1.82, 2.24) is 0 Å². The lowest BCUT2D eigenvalue weighted by molar-refractivity contribution is 0.761. The molecule has 0 N–H and O–H groups in total. The van der Waals surface area contributed by atoms with Crippen LogP contribution < -0.4 is 9.80 Å². The van der Waals surface area contributed by atoms with Crippen LogP contribution in [0.25, 0.3) is 52.5 Å². The van der Waals surface area contributed by atoms with Crippen LogP contribution in [0, 0.1) is 12.8 Å². The number of allylic oxidation sites excluding steroid dienone is 11. The molecular formula is C54H42N2S. The van der Waals surface area contributed by atoms with Crippen LogP contribution in [0.2, 0.25) is 0 Å². The second-order valence-corrected chi connectivity index (χ2v) is 16.0. The van der Waals surface area contributed by atoms with E-state index in [1.54, 1.807) is 0 Å². The summed E-state index contributed by atoms with van der Waals surface area (Å²) in [7, 11) is 0. The maximum atomic E-state index is 4.28. The lowest BCUT2D eigenvalue weighted by Crippen LogP contribution is -2.24. The predicted molar refractivity (Wildman–Crippen MR) is 249 cm³/mol. The van der Waals surface area contributed by atoms with Crippen LogP contribution in [-0.2, 0) is 0 Å². The highest BCUT2D eigenvalue weighted by Crippen LogP contribution is 2.48. The van der Waals surface area contributed by atoms with E-state index in [2.05, 4.69) is 212 Å². The fourth-order valence-corrected chi connectivity index (χ4v) is 10.1. The average Bonchev–Trinajstić information content (AvgIpc) is 3.65. The molecule has 274 valence electrons. The summed E-state index contributed by atoms with van der Waals surface area (Å²) in [4.78, 5) is 4.80. The first-order chi connectivity index (χ1) is 28.1. The molecule has 3 heteroatoms. The highest BCUT2D eigenvalue weighted by molar-refractivity contribution is 7.27. The van der Waals surface area contributed by atoms with Crippen molar-refractivity contribution in [2.75, 3.05) is 9.80 Å². The second kappa shape index (κ2) is 14.4. The Balaban J connectivity index is 1.19. The minimum Gasteiger partial charge on any atom is -0.310 e. The summed E-state index contributed by atoms with van der Waals surface area (Å²) >= 11 is 1.90. The summed E-state index contributed by atoms with van der Waals surface area (Å²) in [5, 5.41) is 10.1. The van der Waals surface area contributed by atoms with E-state index in [0.717, 1.165) is 34.9 Å². The minimum atomic E-state index is 0.364. The summed E-state index contributed by atoms with van der Waals surface area (Å²) in [6.07, 6.45) is 22.8. The van der Waals surface area contributed by atoms with Crippen molar-refractivity contribution in [3.8, 4) is 0 Å². The van der Waals surface area contributed by atoms with Gasteiger partial charge in [-0.25, -0.2) is 0 Å². The molecule has 0 radical (unpaired) electrons. The van der Waals surface area contributed by atoms with Gasteiger partial charge in [0.05, 0.1) is 5.69 Å². The lowest BCUT2D eigenvalue weighted by Gasteiger charge is -2.33. The van der Waals surface area contributed by atoms with Crippen molar-refractivity contribution in [3.63, 3.8) is 0 Å². The van der Waals surface area contributed by atoms with E-state index in [0.29, 0.717) is 5.92 Å². The van der Waals surface area contributed by atoms with Crippen molar-refractivity contribution in [2.24, 2.45) is 5.92 Å². The van der Waals surface area contributed by atoms with Crippen LogP contribution >= 0.6 is 11.3 Å². The molecule has 1 heterocycles. The second-order valence-electron chi connectivity index (χ2n) is 14.9. The van der Waals surface area contributed by atoms with Crippen molar-refractivity contribution >= 4 is 86.6 Å². The molecule has 0 amide bonds. The molecule has 0 fully saturated rings. The number of aryl methyl sites for hydroxylation is 1. The van der Waals surface area contributed by atoms with Crippen LogP contribution in [-0.4, -0.2) is 0 Å². The van der Waals surface area contributed by atoms with Crippen molar-refractivity contribution in [3.05, 3.63) is 217 Å². The monoisotopic (exact) mass is 750 g/mol. The minimum absolute atomic E-state index is 0.364. The van der Waals surface area contributed by atoms with E-state index in [-0.39, 0.29) is 0 Å². The van der Waals surface area contributed by atoms with Gasteiger partial charge >= 0.3 is 0 Å². The molecule has 7 aromatic carbocycles. The normalized spacial score (nSPS) is 15.5. The van der Waals surface area contributed by atoms with Gasteiger partial charge in [-0.3, -0.25) is 0 Å². The van der Waals surface area contributed by atoms with E-state index >= 15 is 0 Å². The molecule has 1 unspecified atom stereocenters. The summed E-state index contributed by atoms with van der Waals surface area (Å²) in [5.74, 6) is 0.364. The Morgan fingerprint density at radius 1 is 0.702 bits per heavy atom. The first kappa shape index (κ1) is 34.8. The summed E-state index contributed by atoms with van der Waals surface area (Å²) < 4.78 is 2.58. The van der Waals surface area contributed by atoms with Gasteiger partial charge in [0.2, 0.25) is 0 Å². The van der Waals surface area contributed by atoms with Gasteiger partial charge in [-0.05, 0) is 108 Å². The van der Waals surface area contributed by atoms with Gasteiger partial charge in [0.15, 0.2) is 0 Å². The number of nitrogens with zero attached hydrogens (tertiary/aromatic N) is 2. The number of anilines is 4. The van der Waals surface area contributed by atoms with Crippen LogP contribution in [0.1, 0.15) is 18.9 Å². The third-order valence-corrected chi connectivity index (χ3v) is 12.7. The van der Waals surface area contributed by atoms with Crippen LogP contribution in [0.15, 0.2) is 212 Å². The number of rotatable bonds is 8. The molecule has 57 heavy (non-hydrogen) atoms. The third kappa shape index (κ3) is 5.94. The Morgan fingerprint density at radius 3 is 2.30 bits per heavy atom. The van der Waals surface area contributed by atoms with Crippen molar-refractivity contribution in [2.45, 2.75) is 20.3 Å². The SMILES string of the molecule is C=C/C(=C\C=C\C)N(C1=C2C=CC=CC2CC=C1)c1ccc2c(c1)sc1c3ccc(N(c4ccc(C)cc4)c4cccc5ccccc45)cc3c3ccccc3c21. The molecule has 2 aliphatic rings. The van der Waals surface area contributed by atoms with E-state index in [4.69, 9.17) is 0 Å². The number of benzene rings is 7. The van der Waals surface area contributed by atoms with Crippen LogP contribution in [0.5, 0.6) is 0 Å². The molecule has 8 aromatic rings. The Labute approximate surface area is 338 Å². The molecule has 1 atom stereocenters. The van der Waals surface area contributed by atoms with Gasteiger partial charge in [-0.1, -0.05) is 140 Å². The zero-order chi connectivity index (χ0) is 38.5.